The van der Waals surface area contributed by atoms with Gasteiger partial charge in [0, 0.05) is 6.04 Å². The summed E-state index contributed by atoms with van der Waals surface area (Å²) in [7, 11) is 0. The maximum absolute atomic E-state index is 5.98. The van der Waals surface area contributed by atoms with Gasteiger partial charge in [-0.2, -0.15) is 0 Å². The smallest absolute Gasteiger partial charge is 0.0644 e. The molecule has 0 radical (unpaired) electrons. The van der Waals surface area contributed by atoms with Crippen LogP contribution in [0.1, 0.15) is 68.2 Å². The Morgan fingerprint density at radius 1 is 1.06 bits per heavy atom. The van der Waals surface area contributed by atoms with E-state index in [4.69, 9.17) is 10.5 Å². The molecule has 2 atom stereocenters. The molecule has 2 unspecified atom stereocenters. The fourth-order valence-corrected chi connectivity index (χ4v) is 2.08. The molecule has 2 nitrogen and oxygen atoms in total. The first kappa shape index (κ1) is 18.3. The van der Waals surface area contributed by atoms with Crippen molar-refractivity contribution in [3.63, 3.8) is 0 Å². The Kier molecular flexibility index (Phi) is 10.3. The van der Waals surface area contributed by atoms with E-state index in [-0.39, 0.29) is 11.6 Å². The lowest BCUT2D eigenvalue weighted by Gasteiger charge is -2.31. The van der Waals surface area contributed by atoms with Crippen LogP contribution in [0.4, 0.5) is 0 Å². The van der Waals surface area contributed by atoms with E-state index in [0.717, 1.165) is 12.8 Å². The van der Waals surface area contributed by atoms with E-state index in [2.05, 4.69) is 34.6 Å². The second-order valence-corrected chi connectivity index (χ2v) is 5.50. The van der Waals surface area contributed by atoms with Gasteiger partial charge in [0.15, 0.2) is 0 Å². The van der Waals surface area contributed by atoms with Crippen LogP contribution in [-0.4, -0.2) is 17.7 Å². The summed E-state index contributed by atoms with van der Waals surface area (Å²) in [5.41, 5.74) is 5.68. The summed E-state index contributed by atoms with van der Waals surface area (Å²) in [6.07, 6.45) is 2.35. The average Bonchev–Trinajstić information content (AvgIpc) is 2.01. The van der Waals surface area contributed by atoms with E-state index in [1.807, 2.05) is 20.8 Å². The fraction of sp³-hybridized carbons (Fsp3) is 1.00. The predicted molar refractivity (Wildman–Crippen MR) is 73.7 cm³/mol. The first-order chi connectivity index (χ1) is 7.23. The number of hydrogen-bond acceptors (Lipinski definition) is 2. The van der Waals surface area contributed by atoms with Crippen LogP contribution >= 0.6 is 0 Å². The molecule has 2 heteroatoms. The van der Waals surface area contributed by atoms with Crippen molar-refractivity contribution < 1.29 is 4.74 Å². The fourth-order valence-electron chi connectivity index (χ4n) is 2.08. The van der Waals surface area contributed by atoms with Gasteiger partial charge >= 0.3 is 0 Å². The molecule has 0 saturated carbocycles. The minimum Gasteiger partial charge on any atom is -0.373 e. The van der Waals surface area contributed by atoms with E-state index >= 15 is 0 Å². The second-order valence-electron chi connectivity index (χ2n) is 5.50. The molecule has 0 saturated heterocycles. The summed E-state index contributed by atoms with van der Waals surface area (Å²) in [5.74, 6) is 0.691. The highest BCUT2D eigenvalue weighted by Gasteiger charge is 2.23. The Morgan fingerprint density at radius 3 is 1.81 bits per heavy atom. The lowest BCUT2D eigenvalue weighted by Crippen LogP contribution is -2.35. The summed E-state index contributed by atoms with van der Waals surface area (Å²) < 4.78 is 5.98. The van der Waals surface area contributed by atoms with E-state index in [9.17, 15) is 0 Å². The molecule has 0 bridgehead atoms. The van der Waals surface area contributed by atoms with Gasteiger partial charge < -0.3 is 10.5 Å². The van der Waals surface area contributed by atoms with Gasteiger partial charge in [-0.3, -0.25) is 0 Å². The summed E-state index contributed by atoms with van der Waals surface area (Å²) in [5, 5.41) is 0. The molecule has 0 aromatic carbocycles. The third kappa shape index (κ3) is 12.0. The first-order valence-electron chi connectivity index (χ1n) is 6.66. The lowest BCUT2D eigenvalue weighted by atomic mass is 9.99. The minimum atomic E-state index is -0.0948. The lowest BCUT2D eigenvalue weighted by molar-refractivity contribution is -0.0769. The molecule has 0 heterocycles. The third-order valence-corrected chi connectivity index (χ3v) is 2.14. The maximum Gasteiger partial charge on any atom is 0.0644 e. The summed E-state index contributed by atoms with van der Waals surface area (Å²) >= 11 is 0. The van der Waals surface area contributed by atoms with Crippen LogP contribution in [0.25, 0.3) is 0 Å². The van der Waals surface area contributed by atoms with Crippen LogP contribution in [0.15, 0.2) is 0 Å². The van der Waals surface area contributed by atoms with E-state index in [1.54, 1.807) is 0 Å². The number of hydrogen-bond donors (Lipinski definition) is 1. The van der Waals surface area contributed by atoms with Crippen molar-refractivity contribution in [1.29, 1.82) is 0 Å². The van der Waals surface area contributed by atoms with Crippen LogP contribution in [0.5, 0.6) is 0 Å². The maximum atomic E-state index is 5.98. The van der Waals surface area contributed by atoms with Crippen molar-refractivity contribution in [3.05, 3.63) is 0 Å². The van der Waals surface area contributed by atoms with Crippen LogP contribution in [-0.2, 0) is 4.74 Å². The molecule has 0 spiro atoms. The highest BCUT2D eigenvalue weighted by atomic mass is 16.5. The van der Waals surface area contributed by atoms with Crippen molar-refractivity contribution in [2.45, 2.75) is 86.0 Å². The monoisotopic (exact) mass is 231 g/mol. The average molecular weight is 231 g/mol. The van der Waals surface area contributed by atoms with Gasteiger partial charge in [-0.15, -0.1) is 0 Å². The summed E-state index contributed by atoms with van der Waals surface area (Å²) in [6, 6.07) is 0.205. The molecule has 0 aliphatic rings. The van der Waals surface area contributed by atoms with Gasteiger partial charge in [0.25, 0.3) is 0 Å². The molecule has 16 heavy (non-hydrogen) atoms. The molecule has 0 aromatic heterocycles. The number of rotatable bonds is 6. The van der Waals surface area contributed by atoms with Gasteiger partial charge in [-0.25, -0.2) is 0 Å². The molecule has 0 rings (SSSR count). The molecule has 0 fully saturated rings. The largest absolute Gasteiger partial charge is 0.373 e. The summed E-state index contributed by atoms with van der Waals surface area (Å²) in [6.45, 7) is 16.8. The molecule has 0 aliphatic carbocycles. The number of nitrogens with two attached hydrogens (primary N) is 1. The molecule has 0 aliphatic heterocycles. The van der Waals surface area contributed by atoms with Crippen molar-refractivity contribution in [2.24, 2.45) is 11.7 Å². The zero-order valence-electron chi connectivity index (χ0n) is 12.6. The van der Waals surface area contributed by atoms with Crippen LogP contribution < -0.4 is 5.73 Å². The quantitative estimate of drug-likeness (QED) is 0.750. The molecular weight excluding hydrogens is 198 g/mol. The Bertz CT molecular complexity index is 153. The van der Waals surface area contributed by atoms with Crippen molar-refractivity contribution in [3.8, 4) is 0 Å². The molecule has 100 valence electrons. The standard InChI is InChI=1S/C12H27NO.C2H6/c1-9(2)7-11(4)14-12(5,6)8-10(3)13;1-2/h9-11H,7-8,13H2,1-6H3;1-2H3. The highest BCUT2D eigenvalue weighted by molar-refractivity contribution is 4.75. The Balaban J connectivity index is 0. The van der Waals surface area contributed by atoms with Gasteiger partial charge in [-0.05, 0) is 46.5 Å². The van der Waals surface area contributed by atoms with Gasteiger partial charge in [-0.1, -0.05) is 27.7 Å². The Hall–Kier alpha value is -0.0800. The molecule has 2 N–H and O–H groups in total. The predicted octanol–water partition coefficient (Wildman–Crippen LogP) is 3.98. The molecular formula is C14H33NO. The van der Waals surface area contributed by atoms with Gasteiger partial charge in [0.1, 0.15) is 0 Å². The molecule has 0 amide bonds. The van der Waals surface area contributed by atoms with E-state index in [0.29, 0.717) is 12.0 Å². The van der Waals surface area contributed by atoms with E-state index in [1.165, 1.54) is 0 Å². The zero-order valence-corrected chi connectivity index (χ0v) is 12.6. The van der Waals surface area contributed by atoms with Gasteiger partial charge in [0.2, 0.25) is 0 Å². The number of ether oxygens (including phenoxy) is 1. The van der Waals surface area contributed by atoms with Gasteiger partial charge in [0.05, 0.1) is 11.7 Å². The Morgan fingerprint density at radius 2 is 1.50 bits per heavy atom. The van der Waals surface area contributed by atoms with Crippen LogP contribution in [0.3, 0.4) is 0 Å². The Labute approximate surface area is 103 Å². The summed E-state index contributed by atoms with van der Waals surface area (Å²) in [4.78, 5) is 0. The van der Waals surface area contributed by atoms with Crippen LogP contribution in [0.2, 0.25) is 0 Å². The second kappa shape index (κ2) is 9.00. The highest BCUT2D eigenvalue weighted by Crippen LogP contribution is 2.21. The van der Waals surface area contributed by atoms with Crippen molar-refractivity contribution in [1.82, 2.24) is 0 Å². The SMILES string of the molecule is CC.CC(C)CC(C)OC(C)(C)CC(C)N. The minimum absolute atomic E-state index is 0.0948. The van der Waals surface area contributed by atoms with Crippen LogP contribution in [0, 0.1) is 5.92 Å². The molecule has 0 aromatic rings. The topological polar surface area (TPSA) is 35.2 Å². The normalized spacial score (nSPS) is 15.4. The van der Waals surface area contributed by atoms with Crippen molar-refractivity contribution in [2.75, 3.05) is 0 Å². The van der Waals surface area contributed by atoms with E-state index < -0.39 is 0 Å². The first-order valence-corrected chi connectivity index (χ1v) is 6.66. The third-order valence-electron chi connectivity index (χ3n) is 2.14. The van der Waals surface area contributed by atoms with Crippen molar-refractivity contribution >= 4 is 0 Å². The zero-order chi connectivity index (χ0) is 13.4.